The molecule has 0 atom stereocenters. The lowest BCUT2D eigenvalue weighted by Gasteiger charge is -2.05. The second-order valence-corrected chi connectivity index (χ2v) is 7.16. The van der Waals surface area contributed by atoms with Crippen molar-refractivity contribution in [3.05, 3.63) is 53.6 Å². The summed E-state index contributed by atoms with van der Waals surface area (Å²) in [6.07, 6.45) is 4.96. The average Bonchev–Trinajstić information content (AvgIpc) is 3.45. The van der Waals surface area contributed by atoms with Crippen molar-refractivity contribution < 1.29 is 4.42 Å². The Kier molecular flexibility index (Phi) is 4.03. The van der Waals surface area contributed by atoms with Crippen molar-refractivity contribution in [2.45, 2.75) is 6.92 Å². The summed E-state index contributed by atoms with van der Waals surface area (Å²) in [4.78, 5) is 13.2. The highest BCUT2D eigenvalue weighted by Crippen LogP contribution is 2.33. The molecule has 4 aromatic heterocycles. The van der Waals surface area contributed by atoms with Gasteiger partial charge in [0.15, 0.2) is 5.82 Å². The molecule has 0 fully saturated rings. The van der Waals surface area contributed by atoms with Gasteiger partial charge in [0.1, 0.15) is 12.0 Å². The van der Waals surface area contributed by atoms with Gasteiger partial charge in [-0.05, 0) is 31.2 Å². The molecule has 0 aliphatic rings. The van der Waals surface area contributed by atoms with Gasteiger partial charge in [0.05, 0.1) is 28.1 Å². The highest BCUT2D eigenvalue weighted by molar-refractivity contribution is 7.10. The third kappa shape index (κ3) is 3.00. The van der Waals surface area contributed by atoms with E-state index in [9.17, 15) is 0 Å². The number of H-pyrrole nitrogens is 1. The van der Waals surface area contributed by atoms with E-state index in [4.69, 9.17) is 16.0 Å². The first-order valence-electron chi connectivity index (χ1n) is 8.28. The molecule has 5 aromatic rings. The summed E-state index contributed by atoms with van der Waals surface area (Å²) >= 11 is 7.70. The molecule has 5 rings (SSSR count). The summed E-state index contributed by atoms with van der Waals surface area (Å²) in [5.74, 6) is 1.05. The zero-order chi connectivity index (χ0) is 19.1. The van der Waals surface area contributed by atoms with Crippen LogP contribution in [0.15, 0.2) is 47.3 Å². The number of pyridine rings is 1. The maximum absolute atomic E-state index is 6.46. The Hall–Kier alpha value is -3.30. The molecule has 10 heteroatoms. The lowest BCUT2D eigenvalue weighted by molar-refractivity contribution is 0.571. The van der Waals surface area contributed by atoms with Crippen LogP contribution in [-0.2, 0) is 0 Å². The van der Waals surface area contributed by atoms with Crippen LogP contribution in [0, 0.1) is 6.92 Å². The molecule has 0 spiro atoms. The molecule has 0 saturated heterocycles. The first kappa shape index (κ1) is 16.8. The highest BCUT2D eigenvalue weighted by atomic mass is 35.5. The molecular formula is C18H12ClN7OS. The molecule has 0 unspecified atom stereocenters. The largest absolute Gasteiger partial charge is 0.443 e. The van der Waals surface area contributed by atoms with Gasteiger partial charge in [-0.15, -0.1) is 0 Å². The fraction of sp³-hybridized carbons (Fsp3) is 0.0556. The van der Waals surface area contributed by atoms with Gasteiger partial charge >= 0.3 is 0 Å². The van der Waals surface area contributed by atoms with Gasteiger partial charge in [-0.2, -0.15) is 14.5 Å². The first-order chi connectivity index (χ1) is 13.7. The third-order valence-corrected chi connectivity index (χ3v) is 5.12. The molecule has 28 heavy (non-hydrogen) atoms. The number of hydrogen-bond acceptors (Lipinski definition) is 8. The predicted octanol–water partition coefficient (Wildman–Crippen LogP) is 4.84. The number of hydrogen-bond donors (Lipinski definition) is 2. The van der Waals surface area contributed by atoms with Gasteiger partial charge in [-0.1, -0.05) is 11.6 Å². The van der Waals surface area contributed by atoms with E-state index in [1.807, 2.05) is 31.2 Å². The van der Waals surface area contributed by atoms with Crippen molar-refractivity contribution in [1.82, 2.24) is 29.5 Å². The minimum Gasteiger partial charge on any atom is -0.443 e. The fourth-order valence-electron chi connectivity index (χ4n) is 2.74. The van der Waals surface area contributed by atoms with Crippen molar-refractivity contribution in [3.8, 4) is 23.0 Å². The Labute approximate surface area is 167 Å². The van der Waals surface area contributed by atoms with Crippen molar-refractivity contribution >= 4 is 44.9 Å². The van der Waals surface area contributed by atoms with Gasteiger partial charge in [-0.25, -0.2) is 4.98 Å². The van der Waals surface area contributed by atoms with Crippen molar-refractivity contribution in [2.75, 3.05) is 5.32 Å². The summed E-state index contributed by atoms with van der Waals surface area (Å²) in [7, 11) is 0. The van der Waals surface area contributed by atoms with Crippen LogP contribution in [-0.4, -0.2) is 29.5 Å². The number of anilines is 2. The monoisotopic (exact) mass is 409 g/mol. The normalized spacial score (nSPS) is 11.2. The van der Waals surface area contributed by atoms with Crippen LogP contribution in [0.2, 0.25) is 5.02 Å². The highest BCUT2D eigenvalue weighted by Gasteiger charge is 2.13. The number of oxazole rings is 1. The maximum atomic E-state index is 6.46. The molecule has 1 aromatic carbocycles. The van der Waals surface area contributed by atoms with Crippen molar-refractivity contribution in [1.29, 1.82) is 0 Å². The van der Waals surface area contributed by atoms with E-state index in [2.05, 4.69) is 34.8 Å². The molecule has 0 aliphatic carbocycles. The van der Waals surface area contributed by atoms with Gasteiger partial charge < -0.3 is 9.73 Å². The summed E-state index contributed by atoms with van der Waals surface area (Å²) in [5.41, 5.74) is 3.86. The first-order valence-corrected chi connectivity index (χ1v) is 9.44. The number of halogens is 1. The Bertz CT molecular complexity index is 1290. The zero-order valence-electron chi connectivity index (χ0n) is 14.5. The summed E-state index contributed by atoms with van der Waals surface area (Å²) in [5, 5.41) is 12.2. The Morgan fingerprint density at radius 3 is 3.00 bits per heavy atom. The van der Waals surface area contributed by atoms with E-state index < -0.39 is 0 Å². The second kappa shape index (κ2) is 6.70. The quantitative estimate of drug-likeness (QED) is 0.437. The molecular weight excluding hydrogens is 398 g/mol. The number of nitrogens with one attached hydrogen (secondary N) is 2. The van der Waals surface area contributed by atoms with Crippen molar-refractivity contribution in [3.63, 3.8) is 0 Å². The Balaban J connectivity index is 1.44. The molecule has 138 valence electrons. The topological polar surface area (TPSA) is 105 Å². The molecule has 2 N–H and O–H groups in total. The van der Waals surface area contributed by atoms with Gasteiger partial charge in [0.2, 0.25) is 11.0 Å². The minimum atomic E-state index is 0.466. The van der Waals surface area contributed by atoms with Gasteiger partial charge in [-0.3, -0.25) is 10.1 Å². The Morgan fingerprint density at radius 1 is 1.21 bits per heavy atom. The van der Waals surface area contributed by atoms with Crippen LogP contribution in [0.25, 0.3) is 33.9 Å². The maximum Gasteiger partial charge on any atom is 0.245 e. The van der Waals surface area contributed by atoms with Crippen LogP contribution >= 0.6 is 23.1 Å². The zero-order valence-corrected chi connectivity index (χ0v) is 16.0. The fourth-order valence-corrected chi connectivity index (χ4v) is 3.61. The van der Waals surface area contributed by atoms with Crippen LogP contribution in [0.5, 0.6) is 0 Å². The lowest BCUT2D eigenvalue weighted by atomic mass is 10.2. The number of aryl methyl sites for hydroxylation is 1. The molecule has 0 radical (unpaired) electrons. The number of aromatic amines is 1. The van der Waals surface area contributed by atoms with Gasteiger partial charge in [0, 0.05) is 28.7 Å². The Morgan fingerprint density at radius 2 is 2.14 bits per heavy atom. The minimum absolute atomic E-state index is 0.466. The number of rotatable bonds is 4. The van der Waals surface area contributed by atoms with Crippen LogP contribution < -0.4 is 5.32 Å². The van der Waals surface area contributed by atoms with E-state index in [0.29, 0.717) is 27.6 Å². The molecule has 4 heterocycles. The molecule has 0 amide bonds. The summed E-state index contributed by atoms with van der Waals surface area (Å²) < 4.78 is 9.85. The molecule has 0 bridgehead atoms. The molecule has 0 saturated carbocycles. The third-order valence-electron chi connectivity index (χ3n) is 4.08. The molecule has 8 nitrogen and oxygen atoms in total. The van der Waals surface area contributed by atoms with E-state index >= 15 is 0 Å². The van der Waals surface area contributed by atoms with Gasteiger partial charge in [0.25, 0.3) is 0 Å². The smallest absolute Gasteiger partial charge is 0.245 e. The van der Waals surface area contributed by atoms with Crippen LogP contribution in [0.3, 0.4) is 0 Å². The predicted molar refractivity (Wildman–Crippen MR) is 108 cm³/mol. The average molecular weight is 410 g/mol. The van der Waals surface area contributed by atoms with E-state index in [1.165, 1.54) is 11.5 Å². The second-order valence-electron chi connectivity index (χ2n) is 6.03. The number of aromatic nitrogens is 6. The number of fused-ring (bicyclic) bond motifs is 1. The number of nitrogens with zero attached hydrogens (tertiary/aromatic N) is 5. The summed E-state index contributed by atoms with van der Waals surface area (Å²) in [6.45, 7) is 1.86. The van der Waals surface area contributed by atoms with Crippen LogP contribution in [0.1, 0.15) is 5.69 Å². The standard InChI is InChI=1S/C18H12ClN7OS/c1-9-8-27-17(22-9)14-6-10(4-5-20-14)16-24-18(28-26-16)23-13-3-2-12-11(15(13)19)7-21-25-12/h2-8H,1H3,(H,21,25)(H,23,24,26). The molecule has 0 aliphatic heterocycles. The van der Waals surface area contributed by atoms with E-state index in [0.717, 1.165) is 27.8 Å². The SMILES string of the molecule is Cc1coc(-c2cc(-c3nsc(Nc4ccc5[nH]ncc5c4Cl)n3)ccn2)n1. The number of benzene rings is 1. The summed E-state index contributed by atoms with van der Waals surface area (Å²) in [6, 6.07) is 7.47. The van der Waals surface area contributed by atoms with Crippen molar-refractivity contribution in [2.24, 2.45) is 0 Å². The lowest BCUT2D eigenvalue weighted by Crippen LogP contribution is -1.91. The van der Waals surface area contributed by atoms with Crippen LogP contribution in [0.4, 0.5) is 10.8 Å². The van der Waals surface area contributed by atoms with E-state index in [1.54, 1.807) is 18.7 Å². The van der Waals surface area contributed by atoms with E-state index in [-0.39, 0.29) is 0 Å².